The van der Waals surface area contributed by atoms with Gasteiger partial charge < -0.3 is 14.2 Å². The van der Waals surface area contributed by atoms with E-state index in [1.165, 1.54) is 38.6 Å². The van der Waals surface area contributed by atoms with Crippen molar-refractivity contribution in [3.8, 4) is 17.2 Å². The van der Waals surface area contributed by atoms with Gasteiger partial charge in [0.15, 0.2) is 11.5 Å². The first-order valence-electron chi connectivity index (χ1n) is 10.5. The monoisotopic (exact) mass is 588 g/mol. The zero-order chi connectivity index (χ0) is 27.7. The van der Waals surface area contributed by atoms with Gasteiger partial charge >= 0.3 is 6.61 Å². The van der Waals surface area contributed by atoms with Gasteiger partial charge in [-0.25, -0.2) is 30.5 Å². The molecule has 1 N–H and O–H groups in total. The molecule has 2 aromatic heterocycles. The van der Waals surface area contributed by atoms with Crippen molar-refractivity contribution in [1.82, 2.24) is 18.7 Å². The molecule has 0 amide bonds. The van der Waals surface area contributed by atoms with Gasteiger partial charge in [0, 0.05) is 23.4 Å². The van der Waals surface area contributed by atoms with E-state index in [-0.39, 0.29) is 32.4 Å². The minimum Gasteiger partial charge on any atom is -0.493 e. The molecule has 11 nitrogen and oxygen atoms in total. The molecule has 0 aliphatic heterocycles. The van der Waals surface area contributed by atoms with Crippen LogP contribution in [0.25, 0.3) is 11.0 Å². The van der Waals surface area contributed by atoms with Crippen LogP contribution in [-0.4, -0.2) is 51.6 Å². The Hall–Kier alpha value is -3.53. The van der Waals surface area contributed by atoms with E-state index in [1.54, 1.807) is 0 Å². The molecule has 16 heteroatoms. The molecule has 4 rings (SSSR count). The summed E-state index contributed by atoms with van der Waals surface area (Å²) < 4.78 is 97.2. The highest BCUT2D eigenvalue weighted by molar-refractivity contribution is 7.92. The van der Waals surface area contributed by atoms with Crippen LogP contribution in [0.4, 0.5) is 8.78 Å². The Balaban J connectivity index is 1.86. The number of pyridine rings is 1. The van der Waals surface area contributed by atoms with E-state index in [0.29, 0.717) is 9.72 Å². The number of alkyl halides is 2. The second-order valence-electron chi connectivity index (χ2n) is 7.46. The summed E-state index contributed by atoms with van der Waals surface area (Å²) in [5, 5.41) is -0.681. The number of nitrogens with one attached hydrogen (secondary N) is 1. The van der Waals surface area contributed by atoms with Gasteiger partial charge in [0.25, 0.3) is 25.2 Å². The second-order valence-corrected chi connectivity index (χ2v) is 11.3. The van der Waals surface area contributed by atoms with Crippen molar-refractivity contribution in [1.29, 1.82) is 0 Å². The number of ether oxygens (including phenoxy) is 3. The van der Waals surface area contributed by atoms with Crippen LogP contribution in [0, 0.1) is 0 Å². The van der Waals surface area contributed by atoms with Crippen LogP contribution in [0.2, 0.25) is 5.02 Å². The number of imidazole rings is 1. The molecule has 0 saturated carbocycles. The van der Waals surface area contributed by atoms with Gasteiger partial charge in [-0.05, 0) is 36.4 Å². The Kier molecular flexibility index (Phi) is 7.73. The van der Waals surface area contributed by atoms with Crippen LogP contribution >= 0.6 is 11.6 Å². The molecule has 2 heterocycles. The van der Waals surface area contributed by atoms with Crippen molar-refractivity contribution in [2.75, 3.05) is 14.2 Å². The molecule has 38 heavy (non-hydrogen) atoms. The highest BCUT2D eigenvalue weighted by Crippen LogP contribution is 2.31. The minimum atomic E-state index is -4.66. The summed E-state index contributed by atoms with van der Waals surface area (Å²) in [4.78, 5) is 7.75. The van der Waals surface area contributed by atoms with E-state index in [1.807, 2.05) is 0 Å². The fourth-order valence-electron chi connectivity index (χ4n) is 3.51. The first-order chi connectivity index (χ1) is 18.0. The highest BCUT2D eigenvalue weighted by Gasteiger charge is 2.32. The van der Waals surface area contributed by atoms with Gasteiger partial charge in [0.05, 0.1) is 36.7 Å². The molecule has 202 valence electrons. The Morgan fingerprint density at radius 1 is 1.03 bits per heavy atom. The number of methoxy groups -OCH3 is 2. The van der Waals surface area contributed by atoms with Crippen LogP contribution in [-0.2, 0) is 26.6 Å². The predicted octanol–water partition coefficient (Wildman–Crippen LogP) is 3.42. The summed E-state index contributed by atoms with van der Waals surface area (Å²) in [6.07, 6.45) is 1.37. The van der Waals surface area contributed by atoms with Crippen LogP contribution in [0.1, 0.15) is 5.69 Å². The lowest BCUT2D eigenvalue weighted by Crippen LogP contribution is -2.29. The lowest BCUT2D eigenvalue weighted by Gasteiger charge is -2.14. The van der Waals surface area contributed by atoms with E-state index in [2.05, 4.69) is 19.4 Å². The zero-order valence-corrected chi connectivity index (χ0v) is 22.0. The van der Waals surface area contributed by atoms with Gasteiger partial charge in [0.1, 0.15) is 11.4 Å². The number of hydrogen-bond donors (Lipinski definition) is 1. The van der Waals surface area contributed by atoms with Gasteiger partial charge in [-0.2, -0.15) is 8.78 Å². The first-order valence-corrected chi connectivity index (χ1v) is 13.8. The van der Waals surface area contributed by atoms with Crippen molar-refractivity contribution in [3.63, 3.8) is 0 Å². The number of halogens is 3. The Bertz CT molecular complexity index is 1700. The van der Waals surface area contributed by atoms with Crippen LogP contribution in [0.3, 0.4) is 0 Å². The van der Waals surface area contributed by atoms with Crippen LogP contribution < -0.4 is 18.9 Å². The van der Waals surface area contributed by atoms with E-state index in [9.17, 15) is 25.6 Å². The van der Waals surface area contributed by atoms with Crippen LogP contribution in [0.15, 0.2) is 64.8 Å². The molecular formula is C22H19ClF2N4O7S2. The lowest BCUT2D eigenvalue weighted by molar-refractivity contribution is -0.0497. The van der Waals surface area contributed by atoms with Crippen molar-refractivity contribution < 1.29 is 39.8 Å². The van der Waals surface area contributed by atoms with Gasteiger partial charge in [0.2, 0.25) is 0 Å². The number of fused-ring (bicyclic) bond motifs is 1. The standard InChI is InChI=1S/C22H19ClF2N4O7S2/c1-34-19-9-10-26-17(20(19)35-2)12-27-37(30,31)22-28-16-8-5-14(36-21(24)25)11-18(16)29(22)38(32,33)15-6-3-13(23)4-7-15/h3-11,21,27H,12H2,1-2H3. The summed E-state index contributed by atoms with van der Waals surface area (Å²) in [5.74, 6) is 0.0526. The molecule has 0 aliphatic rings. The van der Waals surface area contributed by atoms with Crippen molar-refractivity contribution in [2.45, 2.75) is 23.2 Å². The largest absolute Gasteiger partial charge is 0.493 e. The summed E-state index contributed by atoms with van der Waals surface area (Å²) in [7, 11) is -6.56. The molecule has 0 radical (unpaired) electrons. The van der Waals surface area contributed by atoms with E-state index in [4.69, 9.17) is 21.1 Å². The average molecular weight is 589 g/mol. The summed E-state index contributed by atoms with van der Waals surface area (Å²) in [6.45, 7) is -3.63. The third-order valence-electron chi connectivity index (χ3n) is 5.17. The molecule has 4 aromatic rings. The first kappa shape index (κ1) is 27.5. The molecule has 0 bridgehead atoms. The van der Waals surface area contributed by atoms with E-state index in [0.717, 1.165) is 30.3 Å². The maximum atomic E-state index is 13.6. The van der Waals surface area contributed by atoms with Crippen molar-refractivity contribution in [3.05, 3.63) is 65.4 Å². The number of nitrogens with zero attached hydrogens (tertiary/aromatic N) is 3. The van der Waals surface area contributed by atoms with Gasteiger partial charge in [-0.1, -0.05) is 11.6 Å². The zero-order valence-electron chi connectivity index (χ0n) is 19.6. The number of hydrogen-bond acceptors (Lipinski definition) is 9. The number of sulfonamides is 1. The Labute approximate surface area is 221 Å². The molecule has 0 unspecified atom stereocenters. The van der Waals surface area contributed by atoms with E-state index < -0.39 is 44.1 Å². The topological polar surface area (TPSA) is 139 Å². The number of rotatable bonds is 10. The van der Waals surface area contributed by atoms with Gasteiger partial charge in [-0.3, -0.25) is 4.98 Å². The molecule has 0 saturated heterocycles. The normalized spacial score (nSPS) is 12.2. The molecule has 0 fully saturated rings. The maximum absolute atomic E-state index is 13.6. The third kappa shape index (κ3) is 5.36. The summed E-state index contributed by atoms with van der Waals surface area (Å²) in [6, 6.07) is 9.65. The molecule has 0 spiro atoms. The Morgan fingerprint density at radius 3 is 2.37 bits per heavy atom. The predicted molar refractivity (Wildman–Crippen MR) is 132 cm³/mol. The smallest absolute Gasteiger partial charge is 0.387 e. The number of benzene rings is 2. The Morgan fingerprint density at radius 2 is 1.74 bits per heavy atom. The molecule has 0 atom stereocenters. The average Bonchev–Trinajstić information content (AvgIpc) is 3.28. The minimum absolute atomic E-state index is 0.110. The fraction of sp³-hybridized carbons (Fsp3) is 0.182. The molecular weight excluding hydrogens is 570 g/mol. The quantitative estimate of drug-likeness (QED) is 0.295. The maximum Gasteiger partial charge on any atom is 0.387 e. The molecule has 2 aromatic carbocycles. The number of aromatic nitrogens is 3. The van der Waals surface area contributed by atoms with Gasteiger partial charge in [-0.15, -0.1) is 0 Å². The molecule has 0 aliphatic carbocycles. The van der Waals surface area contributed by atoms with Crippen molar-refractivity contribution >= 4 is 42.7 Å². The lowest BCUT2D eigenvalue weighted by atomic mass is 10.3. The summed E-state index contributed by atoms with van der Waals surface area (Å²) >= 11 is 5.87. The van der Waals surface area contributed by atoms with Crippen LogP contribution in [0.5, 0.6) is 17.2 Å². The second kappa shape index (κ2) is 10.7. The summed E-state index contributed by atoms with van der Waals surface area (Å²) in [5.41, 5.74) is -0.275. The fourth-order valence-corrected chi connectivity index (χ4v) is 6.55. The van der Waals surface area contributed by atoms with Crippen molar-refractivity contribution in [2.24, 2.45) is 0 Å². The SMILES string of the molecule is COc1ccnc(CNS(=O)(=O)c2nc3ccc(OC(F)F)cc3n2S(=O)(=O)c2ccc(Cl)cc2)c1OC. The van der Waals surface area contributed by atoms with E-state index >= 15 is 0 Å². The highest BCUT2D eigenvalue weighted by atomic mass is 35.5. The third-order valence-corrected chi connectivity index (χ3v) is 8.53.